The summed E-state index contributed by atoms with van der Waals surface area (Å²) in [5.41, 5.74) is 7.28. The molecule has 3 unspecified atom stereocenters. The summed E-state index contributed by atoms with van der Waals surface area (Å²) in [6, 6.07) is 2.58. The topological polar surface area (TPSA) is 53.1 Å². The van der Waals surface area contributed by atoms with Crippen LogP contribution in [0.1, 0.15) is 32.0 Å². The maximum absolute atomic E-state index is 6.21. The predicted molar refractivity (Wildman–Crippen MR) is 76.0 cm³/mol. The van der Waals surface area contributed by atoms with Crippen molar-refractivity contribution < 1.29 is 4.74 Å². The Bertz CT molecular complexity index is 363. The number of rotatable bonds is 5. The fraction of sp³-hybridized carbons (Fsp3) is 0.769. The van der Waals surface area contributed by atoms with Crippen LogP contribution in [0, 0.1) is 0 Å². The van der Waals surface area contributed by atoms with E-state index < -0.39 is 0 Å². The van der Waals surface area contributed by atoms with E-state index in [1.165, 1.54) is 0 Å². The van der Waals surface area contributed by atoms with Gasteiger partial charge in [-0.15, -0.1) is 0 Å². The number of hydrogen-bond acceptors (Lipinski definition) is 4. The summed E-state index contributed by atoms with van der Waals surface area (Å²) in [7, 11) is 0. The van der Waals surface area contributed by atoms with Crippen LogP contribution in [0.4, 0.5) is 0 Å². The molecule has 1 fully saturated rings. The number of nitrogens with zero attached hydrogens (tertiary/aromatic N) is 2. The molecule has 5 heteroatoms. The molecule has 1 saturated heterocycles. The lowest BCUT2D eigenvalue weighted by Gasteiger charge is -2.27. The summed E-state index contributed by atoms with van der Waals surface area (Å²) in [5.74, 6) is 2.10. The molecule has 102 valence electrons. The molecule has 0 amide bonds. The highest BCUT2D eigenvalue weighted by Crippen LogP contribution is 2.17. The van der Waals surface area contributed by atoms with Crippen LogP contribution in [-0.4, -0.2) is 40.0 Å². The second kappa shape index (κ2) is 6.59. The van der Waals surface area contributed by atoms with Crippen molar-refractivity contribution in [3.05, 3.63) is 18.0 Å². The summed E-state index contributed by atoms with van der Waals surface area (Å²) < 4.78 is 7.73. The van der Waals surface area contributed by atoms with Gasteiger partial charge in [-0.25, -0.2) is 0 Å². The van der Waals surface area contributed by atoms with Crippen molar-refractivity contribution in [1.29, 1.82) is 0 Å². The molecule has 4 nitrogen and oxygen atoms in total. The molecule has 2 heterocycles. The molecule has 2 N–H and O–H groups in total. The van der Waals surface area contributed by atoms with Gasteiger partial charge in [0, 0.05) is 36.2 Å². The molecule has 2 rings (SSSR count). The van der Waals surface area contributed by atoms with Gasteiger partial charge in [0.2, 0.25) is 0 Å². The van der Waals surface area contributed by atoms with Crippen molar-refractivity contribution in [2.24, 2.45) is 5.73 Å². The zero-order valence-corrected chi connectivity index (χ0v) is 12.0. The quantitative estimate of drug-likeness (QED) is 0.886. The van der Waals surface area contributed by atoms with Crippen molar-refractivity contribution in [2.45, 2.75) is 44.9 Å². The maximum atomic E-state index is 6.21. The lowest BCUT2D eigenvalue weighted by molar-refractivity contribution is 0.0569. The molecule has 18 heavy (non-hydrogen) atoms. The first kappa shape index (κ1) is 13.9. The third kappa shape index (κ3) is 3.49. The number of aromatic nitrogens is 2. The SMILES string of the molecule is CCC(C)n1ccc(CC(N)C2CSCCO2)n1. The van der Waals surface area contributed by atoms with E-state index in [4.69, 9.17) is 10.5 Å². The summed E-state index contributed by atoms with van der Waals surface area (Å²) in [4.78, 5) is 0. The zero-order valence-electron chi connectivity index (χ0n) is 11.2. The Hall–Kier alpha value is -0.520. The lowest BCUT2D eigenvalue weighted by atomic mass is 10.1. The van der Waals surface area contributed by atoms with Gasteiger partial charge in [-0.1, -0.05) is 6.92 Å². The fourth-order valence-corrected chi connectivity index (χ4v) is 3.00. The molecule has 0 radical (unpaired) electrons. The van der Waals surface area contributed by atoms with E-state index >= 15 is 0 Å². The van der Waals surface area contributed by atoms with E-state index in [9.17, 15) is 0 Å². The summed E-state index contributed by atoms with van der Waals surface area (Å²) >= 11 is 1.93. The molecule has 1 aliphatic rings. The average Bonchev–Trinajstić information content (AvgIpc) is 2.87. The molecular formula is C13H23N3OS. The highest BCUT2D eigenvalue weighted by Gasteiger charge is 2.22. The van der Waals surface area contributed by atoms with Gasteiger partial charge >= 0.3 is 0 Å². The Balaban J connectivity index is 1.90. The van der Waals surface area contributed by atoms with Crippen LogP contribution in [0.2, 0.25) is 0 Å². The Morgan fingerprint density at radius 3 is 3.17 bits per heavy atom. The Morgan fingerprint density at radius 1 is 1.67 bits per heavy atom. The van der Waals surface area contributed by atoms with Crippen LogP contribution >= 0.6 is 11.8 Å². The van der Waals surface area contributed by atoms with E-state index in [1.807, 2.05) is 22.6 Å². The first-order chi connectivity index (χ1) is 8.70. The maximum Gasteiger partial charge on any atom is 0.0820 e. The summed E-state index contributed by atoms with van der Waals surface area (Å²) in [6.07, 6.45) is 4.12. The molecule has 1 aliphatic heterocycles. The normalized spacial score (nSPS) is 23.8. The van der Waals surface area contributed by atoms with Gasteiger partial charge in [-0.05, 0) is 19.4 Å². The molecule has 0 spiro atoms. The molecule has 0 aliphatic carbocycles. The molecule has 1 aromatic rings. The molecule has 1 aromatic heterocycles. The second-order valence-corrected chi connectivity index (χ2v) is 6.05. The molecule has 3 atom stereocenters. The monoisotopic (exact) mass is 269 g/mol. The zero-order chi connectivity index (χ0) is 13.0. The van der Waals surface area contributed by atoms with Gasteiger partial charge in [-0.2, -0.15) is 16.9 Å². The second-order valence-electron chi connectivity index (χ2n) is 4.90. The van der Waals surface area contributed by atoms with Crippen LogP contribution in [0.15, 0.2) is 12.3 Å². The average molecular weight is 269 g/mol. The van der Waals surface area contributed by atoms with Crippen LogP contribution in [0.25, 0.3) is 0 Å². The Morgan fingerprint density at radius 2 is 2.50 bits per heavy atom. The molecular weight excluding hydrogens is 246 g/mol. The van der Waals surface area contributed by atoms with Gasteiger partial charge in [0.05, 0.1) is 18.4 Å². The van der Waals surface area contributed by atoms with Crippen molar-refractivity contribution in [3.63, 3.8) is 0 Å². The van der Waals surface area contributed by atoms with Gasteiger partial charge in [0.1, 0.15) is 0 Å². The summed E-state index contributed by atoms with van der Waals surface area (Å²) in [6.45, 7) is 5.17. The number of nitrogens with two attached hydrogens (primary N) is 1. The third-order valence-electron chi connectivity index (χ3n) is 3.47. The van der Waals surface area contributed by atoms with E-state index in [2.05, 4.69) is 25.0 Å². The van der Waals surface area contributed by atoms with E-state index in [1.54, 1.807) is 0 Å². The Labute approximate surface area is 113 Å². The standard InChI is InChI=1S/C13H23N3OS/c1-3-10(2)16-5-4-11(15-16)8-12(14)13-9-18-7-6-17-13/h4-5,10,12-13H,3,6-9,14H2,1-2H3. The number of hydrogen-bond donors (Lipinski definition) is 1. The molecule has 0 saturated carbocycles. The van der Waals surface area contributed by atoms with Crippen LogP contribution in [0.5, 0.6) is 0 Å². The summed E-state index contributed by atoms with van der Waals surface area (Å²) in [5, 5.41) is 4.59. The lowest BCUT2D eigenvalue weighted by Crippen LogP contribution is -2.42. The van der Waals surface area contributed by atoms with Gasteiger partial charge < -0.3 is 10.5 Å². The van der Waals surface area contributed by atoms with Crippen LogP contribution in [0.3, 0.4) is 0 Å². The minimum absolute atomic E-state index is 0.0538. The van der Waals surface area contributed by atoms with E-state index in [0.29, 0.717) is 6.04 Å². The predicted octanol–water partition coefficient (Wildman–Crippen LogP) is 1.86. The van der Waals surface area contributed by atoms with E-state index in [0.717, 1.165) is 36.6 Å². The molecule has 0 aromatic carbocycles. The molecule has 0 bridgehead atoms. The number of ether oxygens (including phenoxy) is 1. The minimum Gasteiger partial charge on any atom is -0.375 e. The highest BCUT2D eigenvalue weighted by atomic mass is 32.2. The minimum atomic E-state index is 0.0538. The third-order valence-corrected chi connectivity index (χ3v) is 4.49. The number of thioether (sulfide) groups is 1. The van der Waals surface area contributed by atoms with E-state index in [-0.39, 0.29) is 12.1 Å². The largest absolute Gasteiger partial charge is 0.375 e. The van der Waals surface area contributed by atoms with Crippen molar-refractivity contribution in [3.8, 4) is 0 Å². The van der Waals surface area contributed by atoms with Crippen molar-refractivity contribution in [2.75, 3.05) is 18.1 Å². The van der Waals surface area contributed by atoms with Crippen molar-refractivity contribution >= 4 is 11.8 Å². The van der Waals surface area contributed by atoms with Gasteiger partial charge in [-0.3, -0.25) is 4.68 Å². The Kier molecular flexibility index (Phi) is 5.09. The fourth-order valence-electron chi connectivity index (χ4n) is 2.04. The van der Waals surface area contributed by atoms with Crippen LogP contribution < -0.4 is 5.73 Å². The van der Waals surface area contributed by atoms with Gasteiger partial charge in [0.25, 0.3) is 0 Å². The smallest absolute Gasteiger partial charge is 0.0820 e. The highest BCUT2D eigenvalue weighted by molar-refractivity contribution is 7.99. The van der Waals surface area contributed by atoms with Crippen molar-refractivity contribution in [1.82, 2.24) is 9.78 Å². The first-order valence-electron chi connectivity index (χ1n) is 6.69. The van der Waals surface area contributed by atoms with Gasteiger partial charge in [0.15, 0.2) is 0 Å². The van der Waals surface area contributed by atoms with Crippen LogP contribution in [-0.2, 0) is 11.2 Å². The first-order valence-corrected chi connectivity index (χ1v) is 7.85.